The van der Waals surface area contributed by atoms with E-state index < -0.39 is 0 Å². The van der Waals surface area contributed by atoms with E-state index in [1.54, 1.807) is 0 Å². The quantitative estimate of drug-likeness (QED) is 0.392. The van der Waals surface area contributed by atoms with Gasteiger partial charge in [0.2, 0.25) is 0 Å². The Morgan fingerprint density at radius 3 is 0.923 bits per heavy atom. The predicted octanol–water partition coefficient (Wildman–Crippen LogP) is 4.92. The number of rotatable bonds is 9. The Morgan fingerprint density at radius 1 is 0.462 bits per heavy atom. The molecule has 0 N–H and O–H groups in total. The largest absolute Gasteiger partial charge is 0.0654 e. The predicted molar refractivity (Wildman–Crippen MR) is 57.5 cm³/mol. The molecule has 0 rings (SSSR count). The molecule has 1 radical (unpaired) electrons. The minimum Gasteiger partial charge on any atom is -0.0654 e. The minimum atomic E-state index is 0. The van der Waals surface area contributed by atoms with Crippen molar-refractivity contribution >= 4 is 0 Å². The zero-order valence-corrected chi connectivity index (χ0v) is 10.3. The molecule has 0 amide bonds. The first-order chi connectivity index (χ1) is 5.91. The molecule has 0 aromatic rings. The summed E-state index contributed by atoms with van der Waals surface area (Å²) < 4.78 is 0. The molecule has 0 nitrogen and oxygen atoms in total. The fourth-order valence-electron chi connectivity index (χ4n) is 1.56. The number of hydrogen-bond donors (Lipinski definition) is 0. The standard InChI is InChI=1S/C12H26.Cu/c1-3-5-7-9-11-12-10-8-6-4-2;/h3-12H2,1-2H3;. The summed E-state index contributed by atoms with van der Waals surface area (Å²) in [5.74, 6) is 0. The van der Waals surface area contributed by atoms with Gasteiger partial charge in [-0.25, -0.2) is 0 Å². The van der Waals surface area contributed by atoms with E-state index in [0.29, 0.717) is 0 Å². The topological polar surface area (TPSA) is 0 Å². The van der Waals surface area contributed by atoms with Crippen LogP contribution in [0.25, 0.3) is 0 Å². The van der Waals surface area contributed by atoms with E-state index >= 15 is 0 Å². The van der Waals surface area contributed by atoms with Crippen molar-refractivity contribution in [3.05, 3.63) is 0 Å². The minimum absolute atomic E-state index is 0. The van der Waals surface area contributed by atoms with Crippen LogP contribution >= 0.6 is 0 Å². The summed E-state index contributed by atoms with van der Waals surface area (Å²) in [5, 5.41) is 0. The molecule has 0 atom stereocenters. The van der Waals surface area contributed by atoms with E-state index in [-0.39, 0.29) is 17.1 Å². The molecule has 0 saturated carbocycles. The first kappa shape index (κ1) is 16.0. The van der Waals surface area contributed by atoms with Gasteiger partial charge >= 0.3 is 0 Å². The van der Waals surface area contributed by atoms with Crippen LogP contribution in [-0.2, 0) is 17.1 Å². The number of unbranched alkanes of at least 4 members (excludes halogenated alkanes) is 9. The third-order valence-electron chi connectivity index (χ3n) is 2.46. The Kier molecular flexibility index (Phi) is 18.4. The maximum Gasteiger partial charge on any atom is 0 e. The fraction of sp³-hybridized carbons (Fsp3) is 1.00. The van der Waals surface area contributed by atoms with E-state index in [1.165, 1.54) is 64.2 Å². The van der Waals surface area contributed by atoms with Crippen LogP contribution in [0.1, 0.15) is 78.1 Å². The Hall–Kier alpha value is 0.519. The van der Waals surface area contributed by atoms with Crippen molar-refractivity contribution in [2.45, 2.75) is 78.1 Å². The molecule has 0 aliphatic rings. The van der Waals surface area contributed by atoms with Gasteiger partial charge in [0.25, 0.3) is 0 Å². The maximum atomic E-state index is 2.28. The van der Waals surface area contributed by atoms with Crippen molar-refractivity contribution in [2.75, 3.05) is 0 Å². The van der Waals surface area contributed by atoms with Gasteiger partial charge in [0.05, 0.1) is 0 Å². The van der Waals surface area contributed by atoms with Crippen molar-refractivity contribution in [1.82, 2.24) is 0 Å². The second kappa shape index (κ2) is 15.0. The molecule has 1 heteroatoms. The van der Waals surface area contributed by atoms with Crippen molar-refractivity contribution in [3.63, 3.8) is 0 Å². The first-order valence-electron chi connectivity index (χ1n) is 5.91. The summed E-state index contributed by atoms with van der Waals surface area (Å²) in [6.07, 6.45) is 14.4. The van der Waals surface area contributed by atoms with Crippen LogP contribution in [0.5, 0.6) is 0 Å². The molecule has 0 aliphatic carbocycles. The number of hydrogen-bond acceptors (Lipinski definition) is 0. The van der Waals surface area contributed by atoms with Crippen LogP contribution in [0.2, 0.25) is 0 Å². The van der Waals surface area contributed by atoms with Crippen molar-refractivity contribution < 1.29 is 17.1 Å². The van der Waals surface area contributed by atoms with Crippen LogP contribution in [0.15, 0.2) is 0 Å². The summed E-state index contributed by atoms with van der Waals surface area (Å²) in [6, 6.07) is 0. The van der Waals surface area contributed by atoms with Gasteiger partial charge in [-0.2, -0.15) is 0 Å². The van der Waals surface area contributed by atoms with Gasteiger partial charge in [-0.05, 0) is 0 Å². The third kappa shape index (κ3) is 15.3. The van der Waals surface area contributed by atoms with Crippen molar-refractivity contribution in [2.24, 2.45) is 0 Å². The molecule has 13 heavy (non-hydrogen) atoms. The molecule has 0 aromatic carbocycles. The van der Waals surface area contributed by atoms with Crippen molar-refractivity contribution in [3.8, 4) is 0 Å². The van der Waals surface area contributed by atoms with Gasteiger partial charge in [-0.3, -0.25) is 0 Å². The summed E-state index contributed by atoms with van der Waals surface area (Å²) >= 11 is 0. The third-order valence-corrected chi connectivity index (χ3v) is 2.46. The van der Waals surface area contributed by atoms with Crippen molar-refractivity contribution in [1.29, 1.82) is 0 Å². The monoisotopic (exact) mass is 233 g/mol. The van der Waals surface area contributed by atoms with Gasteiger partial charge in [0.15, 0.2) is 0 Å². The average molecular weight is 234 g/mol. The SMILES string of the molecule is CCCCCCCCCCCC.[Cu]. The summed E-state index contributed by atoms with van der Waals surface area (Å²) in [6.45, 7) is 4.56. The summed E-state index contributed by atoms with van der Waals surface area (Å²) in [7, 11) is 0. The molecule has 85 valence electrons. The Balaban J connectivity index is 0. The van der Waals surface area contributed by atoms with Gasteiger partial charge in [0, 0.05) is 17.1 Å². The van der Waals surface area contributed by atoms with E-state index in [4.69, 9.17) is 0 Å². The Morgan fingerprint density at radius 2 is 0.692 bits per heavy atom. The van der Waals surface area contributed by atoms with Crippen LogP contribution < -0.4 is 0 Å². The fourth-order valence-corrected chi connectivity index (χ4v) is 1.56. The molecule has 0 fully saturated rings. The molecule has 0 saturated heterocycles. The molecule has 0 aromatic heterocycles. The van der Waals surface area contributed by atoms with E-state index in [2.05, 4.69) is 13.8 Å². The zero-order chi connectivity index (χ0) is 9.07. The van der Waals surface area contributed by atoms with Crippen LogP contribution in [0, 0.1) is 0 Å². The van der Waals surface area contributed by atoms with Gasteiger partial charge in [-0.1, -0.05) is 78.1 Å². The first-order valence-corrected chi connectivity index (χ1v) is 5.91. The maximum absolute atomic E-state index is 2.28. The van der Waals surface area contributed by atoms with E-state index in [9.17, 15) is 0 Å². The van der Waals surface area contributed by atoms with Gasteiger partial charge in [0.1, 0.15) is 0 Å². The molecule has 0 unspecified atom stereocenters. The average Bonchev–Trinajstić information content (AvgIpc) is 2.10. The van der Waals surface area contributed by atoms with Crippen LogP contribution in [-0.4, -0.2) is 0 Å². The summed E-state index contributed by atoms with van der Waals surface area (Å²) in [4.78, 5) is 0. The zero-order valence-electron chi connectivity index (χ0n) is 9.37. The van der Waals surface area contributed by atoms with Gasteiger partial charge in [-0.15, -0.1) is 0 Å². The van der Waals surface area contributed by atoms with Crippen LogP contribution in [0.3, 0.4) is 0 Å². The Labute approximate surface area is 95.3 Å². The Bertz CT molecular complexity index is 61.5. The van der Waals surface area contributed by atoms with E-state index in [0.717, 1.165) is 0 Å². The second-order valence-corrected chi connectivity index (χ2v) is 3.83. The second-order valence-electron chi connectivity index (χ2n) is 3.83. The molecule has 0 aliphatic heterocycles. The molecule has 0 spiro atoms. The molecular formula is C12H26Cu. The smallest absolute Gasteiger partial charge is 0 e. The van der Waals surface area contributed by atoms with Crippen LogP contribution in [0.4, 0.5) is 0 Å². The van der Waals surface area contributed by atoms with E-state index in [1.807, 2.05) is 0 Å². The van der Waals surface area contributed by atoms with Gasteiger partial charge < -0.3 is 0 Å². The molecule has 0 heterocycles. The summed E-state index contributed by atoms with van der Waals surface area (Å²) in [5.41, 5.74) is 0. The molecule has 0 bridgehead atoms. The normalized spacial score (nSPS) is 9.69. The molecular weight excluding hydrogens is 208 g/mol.